The van der Waals surface area contributed by atoms with Gasteiger partial charge in [-0.3, -0.25) is 4.79 Å². The van der Waals surface area contributed by atoms with E-state index < -0.39 is 5.60 Å². The topological polar surface area (TPSA) is 49.8 Å². The molecule has 2 aliphatic rings. The molecule has 0 saturated carbocycles. The van der Waals surface area contributed by atoms with E-state index in [9.17, 15) is 9.90 Å². The van der Waals surface area contributed by atoms with E-state index in [1.165, 1.54) is 0 Å². The van der Waals surface area contributed by atoms with Crippen molar-refractivity contribution in [3.63, 3.8) is 0 Å². The van der Waals surface area contributed by atoms with Crippen molar-refractivity contribution < 1.29 is 14.6 Å². The van der Waals surface area contributed by atoms with Crippen molar-refractivity contribution in [3.05, 3.63) is 0 Å². The van der Waals surface area contributed by atoms with Gasteiger partial charge in [-0.25, -0.2) is 0 Å². The highest BCUT2D eigenvalue weighted by Gasteiger charge is 2.45. The summed E-state index contributed by atoms with van der Waals surface area (Å²) in [6.07, 6.45) is 2.73. The van der Waals surface area contributed by atoms with Gasteiger partial charge in [0.1, 0.15) is 5.60 Å². The summed E-state index contributed by atoms with van der Waals surface area (Å²) >= 11 is 0. The SMILES string of the molecule is CC1CCN(C(=O)C2(C)CCCO2)C1CO. The molecule has 2 fully saturated rings. The van der Waals surface area contributed by atoms with Crippen molar-refractivity contribution in [2.24, 2.45) is 5.92 Å². The highest BCUT2D eigenvalue weighted by atomic mass is 16.5. The Labute approximate surface area is 96.6 Å². The zero-order valence-corrected chi connectivity index (χ0v) is 10.1. The van der Waals surface area contributed by atoms with E-state index in [1.807, 2.05) is 11.8 Å². The fraction of sp³-hybridized carbons (Fsp3) is 0.917. The number of ether oxygens (including phenoxy) is 1. The van der Waals surface area contributed by atoms with Crippen LogP contribution in [0.4, 0.5) is 0 Å². The summed E-state index contributed by atoms with van der Waals surface area (Å²) in [4.78, 5) is 14.2. The molecule has 0 bridgehead atoms. The largest absolute Gasteiger partial charge is 0.394 e. The van der Waals surface area contributed by atoms with Crippen LogP contribution in [0.1, 0.15) is 33.1 Å². The first-order chi connectivity index (χ1) is 7.58. The molecule has 4 nitrogen and oxygen atoms in total. The van der Waals surface area contributed by atoms with Crippen LogP contribution in [-0.4, -0.2) is 47.3 Å². The summed E-state index contributed by atoms with van der Waals surface area (Å²) in [5.41, 5.74) is -0.641. The lowest BCUT2D eigenvalue weighted by Gasteiger charge is -2.32. The molecule has 3 atom stereocenters. The minimum Gasteiger partial charge on any atom is -0.394 e. The van der Waals surface area contributed by atoms with Crippen LogP contribution in [0.25, 0.3) is 0 Å². The number of amides is 1. The summed E-state index contributed by atoms with van der Waals surface area (Å²) in [6.45, 7) is 5.45. The number of rotatable bonds is 2. The Kier molecular flexibility index (Phi) is 3.22. The van der Waals surface area contributed by atoms with Crippen LogP contribution in [0.3, 0.4) is 0 Å². The number of carbonyl (C=O) groups excluding carboxylic acids is 1. The van der Waals surface area contributed by atoms with Crippen LogP contribution in [0.15, 0.2) is 0 Å². The fourth-order valence-corrected chi connectivity index (χ4v) is 2.79. The third kappa shape index (κ3) is 1.84. The van der Waals surface area contributed by atoms with E-state index in [0.717, 1.165) is 25.8 Å². The molecule has 0 radical (unpaired) electrons. The molecule has 2 rings (SSSR count). The third-order valence-corrected chi connectivity index (χ3v) is 4.00. The highest BCUT2D eigenvalue weighted by Crippen LogP contribution is 2.32. The Morgan fingerprint density at radius 2 is 2.38 bits per heavy atom. The van der Waals surface area contributed by atoms with E-state index in [1.54, 1.807) is 0 Å². The molecule has 16 heavy (non-hydrogen) atoms. The van der Waals surface area contributed by atoms with Gasteiger partial charge < -0.3 is 14.7 Å². The van der Waals surface area contributed by atoms with Crippen LogP contribution in [0.5, 0.6) is 0 Å². The molecule has 0 spiro atoms. The standard InChI is InChI=1S/C12H21NO3/c1-9-4-6-13(10(9)8-14)11(15)12(2)5-3-7-16-12/h9-10,14H,3-8H2,1-2H3. The molecule has 2 heterocycles. The Bertz CT molecular complexity index is 273. The van der Waals surface area contributed by atoms with Crippen LogP contribution in [-0.2, 0) is 9.53 Å². The number of likely N-dealkylation sites (tertiary alicyclic amines) is 1. The molecule has 1 amide bonds. The Morgan fingerprint density at radius 3 is 2.94 bits per heavy atom. The Hall–Kier alpha value is -0.610. The quantitative estimate of drug-likeness (QED) is 0.758. The lowest BCUT2D eigenvalue weighted by Crippen LogP contribution is -2.50. The molecular weight excluding hydrogens is 206 g/mol. The van der Waals surface area contributed by atoms with Crippen molar-refractivity contribution >= 4 is 5.91 Å². The van der Waals surface area contributed by atoms with Crippen molar-refractivity contribution in [2.75, 3.05) is 19.8 Å². The zero-order chi connectivity index (χ0) is 11.8. The lowest BCUT2D eigenvalue weighted by atomic mass is 9.99. The van der Waals surface area contributed by atoms with Crippen molar-refractivity contribution in [3.8, 4) is 0 Å². The fourth-order valence-electron chi connectivity index (χ4n) is 2.79. The first kappa shape index (κ1) is 11.9. The van der Waals surface area contributed by atoms with E-state index in [2.05, 4.69) is 6.92 Å². The van der Waals surface area contributed by atoms with Gasteiger partial charge in [0.25, 0.3) is 5.91 Å². The summed E-state index contributed by atoms with van der Waals surface area (Å²) < 4.78 is 5.57. The maximum atomic E-state index is 12.4. The molecule has 92 valence electrons. The van der Waals surface area contributed by atoms with Crippen molar-refractivity contribution in [1.82, 2.24) is 4.90 Å². The summed E-state index contributed by atoms with van der Waals surface area (Å²) in [7, 11) is 0. The van der Waals surface area contributed by atoms with Crippen LogP contribution in [0.2, 0.25) is 0 Å². The predicted molar refractivity (Wildman–Crippen MR) is 60.0 cm³/mol. The van der Waals surface area contributed by atoms with Crippen LogP contribution < -0.4 is 0 Å². The van der Waals surface area contributed by atoms with Gasteiger partial charge in [-0.05, 0) is 32.1 Å². The molecule has 0 aliphatic carbocycles. The van der Waals surface area contributed by atoms with Gasteiger partial charge in [0, 0.05) is 13.2 Å². The number of carbonyl (C=O) groups is 1. The average molecular weight is 227 g/mol. The molecule has 0 aromatic heterocycles. The Balaban J connectivity index is 2.09. The molecule has 2 aliphatic heterocycles. The minimum absolute atomic E-state index is 0.0199. The average Bonchev–Trinajstić information content (AvgIpc) is 2.84. The monoisotopic (exact) mass is 227 g/mol. The van der Waals surface area contributed by atoms with E-state index in [4.69, 9.17) is 4.74 Å². The summed E-state index contributed by atoms with van der Waals surface area (Å²) in [6, 6.07) is -0.0199. The predicted octanol–water partition coefficient (Wildman–Crippen LogP) is 0.785. The molecule has 1 N–H and O–H groups in total. The van der Waals surface area contributed by atoms with E-state index >= 15 is 0 Å². The van der Waals surface area contributed by atoms with Gasteiger partial charge in [-0.1, -0.05) is 6.92 Å². The normalized spacial score (nSPS) is 39.3. The molecule has 0 aromatic carbocycles. The Morgan fingerprint density at radius 1 is 1.62 bits per heavy atom. The number of nitrogens with zero attached hydrogens (tertiary/aromatic N) is 1. The van der Waals surface area contributed by atoms with E-state index in [0.29, 0.717) is 12.5 Å². The maximum Gasteiger partial charge on any atom is 0.254 e. The summed E-state index contributed by atoms with van der Waals surface area (Å²) in [5.74, 6) is 0.451. The second-order valence-corrected chi connectivity index (χ2v) is 5.20. The molecule has 4 heteroatoms. The van der Waals surface area contributed by atoms with Gasteiger partial charge in [-0.15, -0.1) is 0 Å². The van der Waals surface area contributed by atoms with Gasteiger partial charge in [0.05, 0.1) is 12.6 Å². The van der Waals surface area contributed by atoms with Crippen molar-refractivity contribution in [1.29, 1.82) is 0 Å². The molecular formula is C12H21NO3. The maximum absolute atomic E-state index is 12.4. The smallest absolute Gasteiger partial charge is 0.254 e. The van der Waals surface area contributed by atoms with Crippen LogP contribution >= 0.6 is 0 Å². The summed E-state index contributed by atoms with van der Waals surface area (Å²) in [5, 5.41) is 9.35. The number of hydrogen-bond acceptors (Lipinski definition) is 3. The number of hydrogen-bond donors (Lipinski definition) is 1. The zero-order valence-electron chi connectivity index (χ0n) is 10.1. The number of aliphatic hydroxyl groups is 1. The van der Waals surface area contributed by atoms with Gasteiger partial charge in [0.15, 0.2) is 0 Å². The van der Waals surface area contributed by atoms with Crippen LogP contribution in [0, 0.1) is 5.92 Å². The molecule has 2 saturated heterocycles. The lowest BCUT2D eigenvalue weighted by molar-refractivity contribution is -0.153. The van der Waals surface area contributed by atoms with Crippen molar-refractivity contribution in [2.45, 2.75) is 44.8 Å². The highest BCUT2D eigenvalue weighted by molar-refractivity contribution is 5.85. The third-order valence-electron chi connectivity index (χ3n) is 4.00. The second kappa shape index (κ2) is 4.34. The van der Waals surface area contributed by atoms with Gasteiger partial charge >= 0.3 is 0 Å². The first-order valence-electron chi connectivity index (χ1n) is 6.14. The first-order valence-corrected chi connectivity index (χ1v) is 6.14. The second-order valence-electron chi connectivity index (χ2n) is 5.20. The number of aliphatic hydroxyl groups excluding tert-OH is 1. The minimum atomic E-state index is -0.641. The molecule has 3 unspecified atom stereocenters. The van der Waals surface area contributed by atoms with Gasteiger partial charge in [-0.2, -0.15) is 0 Å². The molecule has 0 aromatic rings. The van der Waals surface area contributed by atoms with E-state index in [-0.39, 0.29) is 18.6 Å². The van der Waals surface area contributed by atoms with Gasteiger partial charge in [0.2, 0.25) is 0 Å².